The number of rotatable bonds is 0. The molecule has 138 valence electrons. The molecule has 1 atom stereocenters. The van der Waals surface area contributed by atoms with Gasteiger partial charge in [0.05, 0.1) is 0 Å². The van der Waals surface area contributed by atoms with E-state index in [1.807, 2.05) is 12.1 Å². The van der Waals surface area contributed by atoms with E-state index in [1.54, 1.807) is 45.4 Å². The van der Waals surface area contributed by atoms with Gasteiger partial charge in [-0.15, -0.1) is 23.6 Å². The summed E-state index contributed by atoms with van der Waals surface area (Å²) < 4.78 is 46.8. The van der Waals surface area contributed by atoms with E-state index in [-0.39, 0.29) is 0 Å². The first-order valence-electron chi connectivity index (χ1n) is 8.42. The maximum atomic E-state index is 13.5. The van der Waals surface area contributed by atoms with Crippen LogP contribution in [0, 0.1) is 6.92 Å². The molecule has 0 radical (unpaired) electrons. The van der Waals surface area contributed by atoms with Crippen molar-refractivity contribution in [2.45, 2.75) is 19.0 Å². The summed E-state index contributed by atoms with van der Waals surface area (Å²) in [5, 5.41) is 8.46. The van der Waals surface area contributed by atoms with E-state index in [0.717, 1.165) is 6.07 Å². The van der Waals surface area contributed by atoms with Gasteiger partial charge in [0.15, 0.2) is 17.6 Å². The van der Waals surface area contributed by atoms with Gasteiger partial charge in [0.1, 0.15) is 17.7 Å². The van der Waals surface area contributed by atoms with E-state index in [9.17, 15) is 13.2 Å². The van der Waals surface area contributed by atoms with Crippen LogP contribution in [0.3, 0.4) is 0 Å². The van der Waals surface area contributed by atoms with E-state index in [0.29, 0.717) is 28.7 Å². The van der Waals surface area contributed by atoms with E-state index in [2.05, 4.69) is 20.2 Å². The molecule has 2 aliphatic heterocycles. The monoisotopic (exact) mass is 384 g/mol. The molecule has 4 aromatic heterocycles. The SMILES string of the molecule is Cc1nc2n(n1)C1(n3nc(C(F)(F)F)cc3-c3ccnc[n+]31)[n+]1ccccc1-2. The lowest BCUT2D eigenvalue weighted by Crippen LogP contribution is -2.77. The molecule has 6 rings (SSSR count). The van der Waals surface area contributed by atoms with Gasteiger partial charge in [-0.1, -0.05) is 4.98 Å². The minimum atomic E-state index is -4.57. The van der Waals surface area contributed by atoms with E-state index in [1.165, 1.54) is 10.9 Å². The number of aromatic nitrogens is 8. The van der Waals surface area contributed by atoms with Gasteiger partial charge >= 0.3 is 12.1 Å². The van der Waals surface area contributed by atoms with Crippen molar-refractivity contribution in [3.05, 3.63) is 60.6 Å². The van der Waals surface area contributed by atoms with Crippen molar-refractivity contribution in [2.75, 3.05) is 0 Å². The summed E-state index contributed by atoms with van der Waals surface area (Å²) >= 11 is 0. The zero-order valence-electron chi connectivity index (χ0n) is 14.3. The molecule has 2 aliphatic rings. The average Bonchev–Trinajstić information content (AvgIpc) is 3.37. The van der Waals surface area contributed by atoms with Crippen molar-refractivity contribution in [1.29, 1.82) is 0 Å². The third kappa shape index (κ3) is 1.58. The highest BCUT2D eigenvalue weighted by atomic mass is 19.4. The summed E-state index contributed by atoms with van der Waals surface area (Å²) in [7, 11) is 0. The van der Waals surface area contributed by atoms with Crippen LogP contribution in [0.2, 0.25) is 0 Å². The summed E-state index contributed by atoms with van der Waals surface area (Å²) in [6.07, 6.45) is 0.302. The van der Waals surface area contributed by atoms with Crippen molar-refractivity contribution < 1.29 is 22.3 Å². The molecular formula is C17H11F3N8+2. The average molecular weight is 384 g/mol. The summed E-state index contributed by atoms with van der Waals surface area (Å²) in [6.45, 7) is 1.74. The van der Waals surface area contributed by atoms with Crippen molar-refractivity contribution >= 4 is 0 Å². The predicted molar refractivity (Wildman–Crippen MR) is 85.2 cm³/mol. The highest BCUT2D eigenvalue weighted by Gasteiger charge is 2.67. The number of nitrogens with zero attached hydrogens (tertiary/aromatic N) is 8. The standard InChI is InChI=1S/C17H11F3N8/c1-10-22-15-12-4-2-3-7-25(12)17(28(15)23-10)26-9-21-6-5-11(26)13-8-14(16(18,19)20)24-27(13)17/h2-9H,1H3/q+2. The second-order valence-corrected chi connectivity index (χ2v) is 6.61. The van der Waals surface area contributed by atoms with Crippen molar-refractivity contribution in [3.8, 4) is 22.9 Å². The number of hydrogen-bond donors (Lipinski definition) is 0. The summed E-state index contributed by atoms with van der Waals surface area (Å²) in [6, 6.07) is 8.19. The molecule has 11 heteroatoms. The normalized spacial score (nSPS) is 18.9. The molecule has 0 N–H and O–H groups in total. The molecule has 0 aliphatic carbocycles. The van der Waals surface area contributed by atoms with E-state index >= 15 is 0 Å². The highest BCUT2D eigenvalue weighted by Crippen LogP contribution is 2.39. The van der Waals surface area contributed by atoms with Gasteiger partial charge in [-0.2, -0.15) is 18.3 Å². The Hall–Kier alpha value is -3.63. The minimum absolute atomic E-state index is 0.318. The molecule has 28 heavy (non-hydrogen) atoms. The van der Waals surface area contributed by atoms with Gasteiger partial charge in [-0.25, -0.2) is 4.98 Å². The molecule has 0 saturated carbocycles. The largest absolute Gasteiger partial charge is 0.527 e. The molecule has 0 aromatic carbocycles. The number of halogens is 3. The number of pyridine rings is 1. The lowest BCUT2D eigenvalue weighted by Gasteiger charge is -2.18. The zero-order chi connectivity index (χ0) is 19.3. The fraction of sp³-hybridized carbons (Fsp3) is 0.176. The van der Waals surface area contributed by atoms with Crippen LogP contribution in [-0.4, -0.2) is 29.5 Å². The number of alkyl halides is 3. The molecule has 0 fully saturated rings. The predicted octanol–water partition coefficient (Wildman–Crippen LogP) is 0.945. The first-order valence-corrected chi connectivity index (χ1v) is 8.42. The number of fused-ring (bicyclic) bond motifs is 10. The zero-order valence-corrected chi connectivity index (χ0v) is 14.3. The maximum absolute atomic E-state index is 13.5. The Morgan fingerprint density at radius 3 is 2.71 bits per heavy atom. The van der Waals surface area contributed by atoms with Gasteiger partial charge in [-0.05, 0) is 13.0 Å². The number of aryl methyl sites for hydroxylation is 1. The van der Waals surface area contributed by atoms with Crippen molar-refractivity contribution in [1.82, 2.24) is 29.5 Å². The minimum Gasteiger partial charge on any atom is -0.206 e. The lowest BCUT2D eigenvalue weighted by atomic mass is 10.3. The molecule has 8 nitrogen and oxygen atoms in total. The molecule has 4 aromatic rings. The fourth-order valence-electron chi connectivity index (χ4n) is 4.03. The molecule has 1 spiro atoms. The van der Waals surface area contributed by atoms with Gasteiger partial charge in [0, 0.05) is 24.3 Å². The Bertz CT molecular complexity index is 1290. The van der Waals surface area contributed by atoms with Crippen LogP contribution in [0.1, 0.15) is 11.5 Å². The van der Waals surface area contributed by atoms with Crippen LogP contribution in [0.5, 0.6) is 0 Å². The fourth-order valence-corrected chi connectivity index (χ4v) is 4.03. The molecular weight excluding hydrogens is 373 g/mol. The van der Waals surface area contributed by atoms with E-state index < -0.39 is 17.8 Å². The quantitative estimate of drug-likeness (QED) is 0.366. The van der Waals surface area contributed by atoms with Crippen molar-refractivity contribution in [2.24, 2.45) is 0 Å². The van der Waals surface area contributed by atoms with Crippen LogP contribution in [0.25, 0.3) is 22.9 Å². The van der Waals surface area contributed by atoms with Gasteiger partial charge in [0.2, 0.25) is 5.82 Å². The summed E-state index contributed by atoms with van der Waals surface area (Å²) in [5.74, 6) is -0.306. The second kappa shape index (κ2) is 4.61. The Morgan fingerprint density at radius 1 is 1.04 bits per heavy atom. The molecule has 0 bridgehead atoms. The third-order valence-electron chi connectivity index (χ3n) is 5.04. The molecule has 0 amide bonds. The molecule has 0 saturated heterocycles. The maximum Gasteiger partial charge on any atom is 0.527 e. The highest BCUT2D eigenvalue weighted by molar-refractivity contribution is 5.55. The summed E-state index contributed by atoms with van der Waals surface area (Å²) in [4.78, 5) is 8.67. The van der Waals surface area contributed by atoms with Crippen LogP contribution < -0.4 is 9.13 Å². The van der Waals surface area contributed by atoms with Gasteiger partial charge < -0.3 is 0 Å². The Morgan fingerprint density at radius 2 is 1.89 bits per heavy atom. The second-order valence-electron chi connectivity index (χ2n) is 6.61. The van der Waals surface area contributed by atoms with Crippen LogP contribution in [-0.2, 0) is 12.1 Å². The molecule has 1 unspecified atom stereocenters. The Balaban J connectivity index is 1.81. The van der Waals surface area contributed by atoms with Crippen LogP contribution >= 0.6 is 0 Å². The van der Waals surface area contributed by atoms with Crippen LogP contribution in [0.4, 0.5) is 13.2 Å². The first-order chi connectivity index (χ1) is 13.4. The Kier molecular flexibility index (Phi) is 2.54. The third-order valence-corrected chi connectivity index (χ3v) is 5.04. The van der Waals surface area contributed by atoms with Crippen LogP contribution in [0.15, 0.2) is 49.1 Å². The summed E-state index contributed by atoms with van der Waals surface area (Å²) in [5.41, 5.74) is 0.606. The lowest BCUT2D eigenvalue weighted by molar-refractivity contribution is -0.991. The van der Waals surface area contributed by atoms with Gasteiger partial charge in [-0.3, -0.25) is 0 Å². The topological polar surface area (TPSA) is 69.2 Å². The van der Waals surface area contributed by atoms with Crippen molar-refractivity contribution in [3.63, 3.8) is 0 Å². The van der Waals surface area contributed by atoms with Gasteiger partial charge in [0.25, 0.3) is 12.0 Å². The molecule has 6 heterocycles. The smallest absolute Gasteiger partial charge is 0.206 e. The first kappa shape index (κ1) is 15.4. The Labute approximate surface area is 155 Å². The van der Waals surface area contributed by atoms with E-state index in [4.69, 9.17) is 0 Å². The number of hydrogen-bond acceptors (Lipinski definition) is 4.